The number of urea groups is 2. The molecule has 0 aliphatic carbocycles. The molecule has 0 unspecified atom stereocenters. The first-order valence-electron chi connectivity index (χ1n) is 4.56. The number of terminal acetylenes is 2. The van der Waals surface area contributed by atoms with E-state index < -0.39 is 18.4 Å². The topological polar surface area (TPSA) is 80.6 Å². The van der Waals surface area contributed by atoms with Crippen LogP contribution >= 0.6 is 0 Å². The molecule has 0 saturated heterocycles. The van der Waals surface area contributed by atoms with Crippen molar-refractivity contribution in [1.29, 1.82) is 0 Å². The summed E-state index contributed by atoms with van der Waals surface area (Å²) in [7, 11) is 0. The van der Waals surface area contributed by atoms with Gasteiger partial charge in [-0.05, 0) is 0 Å². The van der Waals surface area contributed by atoms with Crippen LogP contribution in [0, 0.1) is 24.7 Å². The zero-order chi connectivity index (χ0) is 12.7. The lowest BCUT2D eigenvalue weighted by atomic mass is 10.5. The second-order valence-electron chi connectivity index (χ2n) is 2.84. The Labute approximate surface area is 97.8 Å². The maximum atomic E-state index is 11.1. The summed E-state index contributed by atoms with van der Waals surface area (Å²) in [5.41, 5.74) is 0. The van der Waals surface area contributed by atoms with Crippen LogP contribution in [0.2, 0.25) is 0 Å². The van der Waals surface area contributed by atoms with E-state index in [1.54, 1.807) is 0 Å². The molecule has 88 valence electrons. The summed E-state index contributed by atoms with van der Waals surface area (Å²) in [6, 6.07) is -1.54. The monoisotopic (exact) mass is 235 g/mol. The zero-order valence-corrected chi connectivity index (χ0v) is 8.83. The van der Waals surface area contributed by atoms with Gasteiger partial charge in [-0.2, -0.15) is 0 Å². The number of hydrogen-bond acceptors (Lipinski definition) is 4. The van der Waals surface area contributed by atoms with E-state index in [1.165, 1.54) is 0 Å². The Kier molecular flexibility index (Phi) is 4.82. The van der Waals surface area contributed by atoms with Crippen LogP contribution in [0.4, 0.5) is 9.59 Å². The van der Waals surface area contributed by atoms with Crippen molar-refractivity contribution in [2.45, 2.75) is 6.29 Å². The number of amides is 4. The van der Waals surface area contributed by atoms with Crippen molar-refractivity contribution in [2.24, 2.45) is 10.2 Å². The molecule has 1 aliphatic rings. The summed E-state index contributed by atoms with van der Waals surface area (Å²) >= 11 is 0. The highest BCUT2D eigenvalue weighted by molar-refractivity contribution is 5.98. The molecule has 7 nitrogen and oxygen atoms in total. The van der Waals surface area contributed by atoms with Crippen LogP contribution in [0.15, 0.2) is 10.2 Å². The molecule has 0 radical (unpaired) electrons. The van der Waals surface area contributed by atoms with Crippen molar-refractivity contribution < 1.29 is 19.1 Å². The summed E-state index contributed by atoms with van der Waals surface area (Å²) in [5, 5.41) is 6.17. The second-order valence-corrected chi connectivity index (χ2v) is 2.84. The van der Waals surface area contributed by atoms with Crippen molar-refractivity contribution in [3.63, 3.8) is 0 Å². The lowest BCUT2D eigenvalue weighted by Gasteiger charge is -2.19. The van der Waals surface area contributed by atoms with Gasteiger partial charge >= 0.3 is 12.1 Å². The molecule has 0 fully saturated rings. The Bertz CT molecular complexity index is 382. The van der Waals surface area contributed by atoms with Crippen LogP contribution in [-0.2, 0) is 9.47 Å². The highest BCUT2D eigenvalue weighted by atomic mass is 16.7. The Morgan fingerprint density at radius 2 is 1.59 bits per heavy atom. The van der Waals surface area contributed by atoms with E-state index in [0.29, 0.717) is 0 Å². The second kappa shape index (κ2) is 6.38. The lowest BCUT2D eigenvalue weighted by molar-refractivity contribution is -0.127. The zero-order valence-electron chi connectivity index (χ0n) is 8.83. The van der Waals surface area contributed by atoms with Gasteiger partial charge in [-0.1, -0.05) is 22.1 Å². The minimum absolute atomic E-state index is 0.0280. The number of hydrogen-bond donors (Lipinski definition) is 0. The van der Waals surface area contributed by atoms with Crippen LogP contribution in [-0.4, -0.2) is 43.0 Å². The van der Waals surface area contributed by atoms with Gasteiger partial charge in [-0.15, -0.1) is 12.8 Å². The fourth-order valence-electron chi connectivity index (χ4n) is 1.02. The normalized spacial score (nSPS) is 14.2. The summed E-state index contributed by atoms with van der Waals surface area (Å²) in [6.45, 7) is -0.215. The molecule has 0 aromatic rings. The number of imide groups is 1. The first-order valence-corrected chi connectivity index (χ1v) is 4.56. The van der Waals surface area contributed by atoms with Crippen LogP contribution in [0.25, 0.3) is 0 Å². The van der Waals surface area contributed by atoms with Crippen molar-refractivity contribution >= 4 is 12.1 Å². The predicted molar refractivity (Wildman–Crippen MR) is 55.7 cm³/mol. The largest absolute Gasteiger partial charge is 0.370 e. The Morgan fingerprint density at radius 3 is 2.00 bits per heavy atom. The van der Waals surface area contributed by atoms with Crippen LogP contribution in [0.5, 0.6) is 0 Å². The number of ether oxygens (including phenoxy) is 2. The summed E-state index contributed by atoms with van der Waals surface area (Å²) < 4.78 is 10.1. The van der Waals surface area contributed by atoms with Gasteiger partial charge < -0.3 is 9.47 Å². The van der Waals surface area contributed by atoms with E-state index >= 15 is 0 Å². The van der Waals surface area contributed by atoms with E-state index in [1.807, 2.05) is 0 Å². The maximum absolute atomic E-state index is 11.1. The van der Waals surface area contributed by atoms with Gasteiger partial charge in [0.25, 0.3) is 0 Å². The fraction of sp³-hybridized carbons (Fsp3) is 0.400. The molecule has 1 heterocycles. The van der Waals surface area contributed by atoms with Crippen LogP contribution in [0.3, 0.4) is 0 Å². The van der Waals surface area contributed by atoms with Crippen molar-refractivity contribution in [3.8, 4) is 24.7 Å². The SMILES string of the molecule is C#CCOC(CN1C(=O)N=NC1=O)OCC#C. The molecule has 7 heteroatoms. The van der Waals surface area contributed by atoms with Gasteiger partial charge in [-0.3, -0.25) is 0 Å². The number of nitrogens with zero attached hydrogens (tertiary/aromatic N) is 3. The molecule has 1 rings (SSSR count). The number of carbonyl (C=O) groups excluding carboxylic acids is 2. The molecule has 4 amide bonds. The van der Waals surface area contributed by atoms with Gasteiger partial charge in [0.2, 0.25) is 0 Å². The summed E-state index contributed by atoms with van der Waals surface area (Å²) in [4.78, 5) is 23.0. The Hall–Kier alpha value is -2.22. The molecule has 0 atom stereocenters. The molecule has 17 heavy (non-hydrogen) atoms. The van der Waals surface area contributed by atoms with Crippen LogP contribution in [0.1, 0.15) is 0 Å². The van der Waals surface area contributed by atoms with Crippen molar-refractivity contribution in [2.75, 3.05) is 19.8 Å². The third kappa shape index (κ3) is 3.68. The minimum Gasteiger partial charge on any atom is -0.338 e. The molecular weight excluding hydrogens is 226 g/mol. The highest BCUT2D eigenvalue weighted by Gasteiger charge is 2.30. The quantitative estimate of drug-likeness (QED) is 0.499. The molecule has 0 bridgehead atoms. The Morgan fingerprint density at radius 1 is 1.12 bits per heavy atom. The van der Waals surface area contributed by atoms with Crippen molar-refractivity contribution in [3.05, 3.63) is 0 Å². The number of azo groups is 1. The smallest absolute Gasteiger partial charge is 0.338 e. The van der Waals surface area contributed by atoms with Gasteiger partial charge in [0, 0.05) is 0 Å². The molecule has 1 aliphatic heterocycles. The van der Waals surface area contributed by atoms with E-state index in [-0.39, 0.29) is 19.8 Å². The molecule has 0 spiro atoms. The maximum Gasteiger partial charge on any atom is 0.370 e. The molecule has 0 aromatic heterocycles. The van der Waals surface area contributed by atoms with Gasteiger partial charge in [0.15, 0.2) is 6.29 Å². The molecule has 0 N–H and O–H groups in total. The predicted octanol–water partition coefficient (Wildman–Crippen LogP) is 0.620. The average molecular weight is 235 g/mol. The van der Waals surface area contributed by atoms with Gasteiger partial charge in [-0.25, -0.2) is 14.5 Å². The fourth-order valence-corrected chi connectivity index (χ4v) is 1.02. The van der Waals surface area contributed by atoms with Crippen molar-refractivity contribution in [1.82, 2.24) is 4.90 Å². The third-order valence-electron chi connectivity index (χ3n) is 1.72. The number of rotatable bonds is 6. The highest BCUT2D eigenvalue weighted by Crippen LogP contribution is 2.09. The molecule has 0 aromatic carbocycles. The van der Waals surface area contributed by atoms with Crippen LogP contribution < -0.4 is 0 Å². The summed E-state index contributed by atoms with van der Waals surface area (Å²) in [5.74, 6) is 4.47. The van der Waals surface area contributed by atoms with E-state index in [0.717, 1.165) is 4.90 Å². The minimum atomic E-state index is -0.890. The standard InChI is InChI=1S/C10H9N3O4/c1-3-5-16-8(17-6-4-2)7-13-9(14)11-12-10(13)15/h1-2,8H,5-7H2. The van der Waals surface area contributed by atoms with Gasteiger partial charge in [0.1, 0.15) is 13.2 Å². The van der Waals surface area contributed by atoms with Gasteiger partial charge in [0.05, 0.1) is 6.54 Å². The first-order chi connectivity index (χ1) is 8.19. The van der Waals surface area contributed by atoms with E-state index in [4.69, 9.17) is 22.3 Å². The first kappa shape index (κ1) is 12.8. The number of carbonyl (C=O) groups is 2. The Balaban J connectivity index is 2.53. The lowest BCUT2D eigenvalue weighted by Crippen LogP contribution is -2.38. The molecular formula is C10H9N3O4. The summed E-state index contributed by atoms with van der Waals surface area (Å²) in [6.07, 6.45) is 9.14. The average Bonchev–Trinajstić information content (AvgIpc) is 2.63. The van der Waals surface area contributed by atoms with E-state index in [9.17, 15) is 9.59 Å². The van der Waals surface area contributed by atoms with E-state index in [2.05, 4.69) is 22.1 Å². The molecule has 0 saturated carbocycles. The third-order valence-corrected chi connectivity index (χ3v) is 1.72.